The van der Waals surface area contributed by atoms with E-state index >= 15 is 0 Å². The van der Waals surface area contributed by atoms with Crippen LogP contribution in [-0.2, 0) is 38.7 Å². The molecule has 3 fully saturated rings. The number of rotatable bonds is 23. The summed E-state index contributed by atoms with van der Waals surface area (Å²) in [4.78, 5) is 104. The summed E-state index contributed by atoms with van der Waals surface area (Å²) in [5.74, 6) is -1.73. The summed E-state index contributed by atoms with van der Waals surface area (Å²) < 4.78 is 3.06. The standard InChI is InChI=1S/C71H88N12O8S2/c1-45(48-23-25-50(26-24-48)63-46(2)72-44-92-63)74-66(88)57-39-51(84)41-82(57)67(89)64(70(4,5)6)77-60(85)21-9-7-10-22-61(86)80-37-35-79(36-38-80)33-16-32-71(30-13-8-14-31-71)43-83-47(3)54(40-73-83)52-27-28-59(76-62(52)68(90)91)81-34-29-49-17-15-18-53(55(49)42-81)65(87)78-69-75-56-19-11-12-20-58(56)93-69/h11-12,15,17-20,23-28,40,44-45,51,57,64,84H,7-10,13-14,16,21-22,29-39,41-43H2,1-6H3,(H,74,88)(H,77,85)(H,90,91)(H,75,78,87)/t45-,51+,57-,64+/m0/s1. The number of thiazole rings is 2. The second-order valence-electron chi connectivity index (χ2n) is 27.1. The van der Waals surface area contributed by atoms with Crippen LogP contribution in [0.15, 0.2) is 90.6 Å². The maximum absolute atomic E-state index is 14.3. The number of aryl methyl sites for hydroxylation is 1. The van der Waals surface area contributed by atoms with Gasteiger partial charge in [-0.15, -0.1) is 11.3 Å². The van der Waals surface area contributed by atoms with Crippen molar-refractivity contribution in [2.24, 2.45) is 10.8 Å². The van der Waals surface area contributed by atoms with E-state index in [0.717, 1.165) is 119 Å². The molecular weight excluding hydrogens is 1210 g/mol. The Balaban J connectivity index is 0.614. The van der Waals surface area contributed by atoms with Gasteiger partial charge in [0.25, 0.3) is 5.91 Å². The van der Waals surface area contributed by atoms with Crippen LogP contribution in [0.5, 0.6) is 0 Å². The zero-order valence-electron chi connectivity index (χ0n) is 54.4. The number of fused-ring (bicyclic) bond motifs is 2. The van der Waals surface area contributed by atoms with Crippen LogP contribution < -0.4 is 20.9 Å². The Morgan fingerprint density at radius 1 is 0.817 bits per heavy atom. The van der Waals surface area contributed by atoms with Crippen LogP contribution in [0.1, 0.15) is 166 Å². The van der Waals surface area contributed by atoms with Gasteiger partial charge in [0.05, 0.1) is 44.6 Å². The number of benzene rings is 3. The highest BCUT2D eigenvalue weighted by Crippen LogP contribution is 2.43. The molecule has 20 nitrogen and oxygen atoms in total. The second-order valence-corrected chi connectivity index (χ2v) is 28.9. The van der Waals surface area contributed by atoms with E-state index in [1.54, 1.807) is 17.5 Å². The van der Waals surface area contributed by atoms with Crippen molar-refractivity contribution in [2.75, 3.05) is 56.0 Å². The van der Waals surface area contributed by atoms with Crippen molar-refractivity contribution in [2.45, 2.75) is 169 Å². The molecule has 492 valence electrons. The van der Waals surface area contributed by atoms with E-state index < -0.39 is 35.5 Å². The molecule has 4 aromatic heterocycles. The first-order valence-electron chi connectivity index (χ1n) is 33.1. The maximum Gasteiger partial charge on any atom is 0.355 e. The summed E-state index contributed by atoms with van der Waals surface area (Å²) >= 11 is 3.01. The smallest absolute Gasteiger partial charge is 0.355 e. The summed E-state index contributed by atoms with van der Waals surface area (Å²) in [7, 11) is 0. The Hall–Kier alpha value is -7.92. The molecule has 4 aliphatic rings. The summed E-state index contributed by atoms with van der Waals surface area (Å²) in [6.07, 6.45) is 12.0. The van der Waals surface area contributed by atoms with Crippen molar-refractivity contribution in [1.29, 1.82) is 0 Å². The number of aliphatic hydroxyl groups excluding tert-OH is 1. The van der Waals surface area contributed by atoms with Gasteiger partial charge in [0.2, 0.25) is 23.6 Å². The van der Waals surface area contributed by atoms with Crippen LogP contribution >= 0.6 is 22.7 Å². The number of carboxylic acids is 1. The molecule has 5 amide bonds. The number of β-amino-alcohol motifs (C(OH)–C–C–N with tert-alkyl or cyclic N) is 1. The SMILES string of the molecule is Cc1ncsc1-c1ccc([C@H](C)NC(=O)[C@@H]2C[C@@H](O)CN2C(=O)[C@@H](NC(=O)CCCCCC(=O)N2CCN(CCCC3(Cn4ncc(-c5ccc(N6CCc7cccc(C(=O)Nc8nc9ccccc9s8)c7C6)nc5C(=O)O)c4C)CCCCC3)CC2)C(C)(C)C)cc1. The fraction of sp³-hybridized carbons (Fsp3) is 0.493. The minimum absolute atomic E-state index is 0.00663. The van der Waals surface area contributed by atoms with Gasteiger partial charge in [0, 0.05) is 94.0 Å². The molecule has 0 radical (unpaired) electrons. The predicted octanol–water partition coefficient (Wildman–Crippen LogP) is 11.0. The lowest BCUT2D eigenvalue weighted by Gasteiger charge is -2.39. The fourth-order valence-corrected chi connectivity index (χ4v) is 15.8. The van der Waals surface area contributed by atoms with Crippen molar-refractivity contribution in [3.63, 3.8) is 0 Å². The molecule has 7 heterocycles. The Morgan fingerprint density at radius 3 is 2.31 bits per heavy atom. The molecular formula is C71H88N12O8S2. The fourth-order valence-electron chi connectivity index (χ4n) is 14.1. The average molecular weight is 1300 g/mol. The Labute approximate surface area is 552 Å². The molecule has 7 aromatic rings. The summed E-state index contributed by atoms with van der Waals surface area (Å²) in [6.45, 7) is 17.2. The van der Waals surface area contributed by atoms with Crippen LogP contribution in [0.25, 0.3) is 31.8 Å². The highest BCUT2D eigenvalue weighted by atomic mass is 32.1. The number of carbonyl (C=O) groups is 6. The first-order chi connectivity index (χ1) is 44.7. The van der Waals surface area contributed by atoms with E-state index in [-0.39, 0.29) is 60.2 Å². The maximum atomic E-state index is 14.3. The van der Waals surface area contributed by atoms with Crippen molar-refractivity contribution >= 4 is 79.3 Å². The van der Waals surface area contributed by atoms with Gasteiger partial charge in [0.15, 0.2) is 10.8 Å². The number of nitrogens with zero attached hydrogens (tertiary/aromatic N) is 9. The second kappa shape index (κ2) is 29.2. The van der Waals surface area contributed by atoms with Crippen LogP contribution in [0.2, 0.25) is 0 Å². The third kappa shape index (κ3) is 15.7. The minimum atomic E-state index is -1.12. The first kappa shape index (κ1) is 66.5. The number of piperazine rings is 1. The lowest BCUT2D eigenvalue weighted by molar-refractivity contribution is -0.144. The quantitative estimate of drug-likeness (QED) is 0.0374. The zero-order valence-corrected chi connectivity index (χ0v) is 56.1. The van der Waals surface area contributed by atoms with Gasteiger partial charge in [0.1, 0.15) is 17.9 Å². The number of likely N-dealkylation sites (tertiary alicyclic amines) is 1. The van der Waals surface area contributed by atoms with E-state index in [1.807, 2.05) is 136 Å². The van der Waals surface area contributed by atoms with Gasteiger partial charge in [-0.2, -0.15) is 5.10 Å². The third-order valence-electron chi connectivity index (χ3n) is 19.5. The van der Waals surface area contributed by atoms with Crippen LogP contribution in [-0.4, -0.2) is 149 Å². The molecule has 1 aliphatic carbocycles. The van der Waals surface area contributed by atoms with Gasteiger partial charge in [-0.3, -0.25) is 38.9 Å². The van der Waals surface area contributed by atoms with E-state index in [1.165, 1.54) is 22.7 Å². The molecule has 0 unspecified atom stereocenters. The van der Waals surface area contributed by atoms with Gasteiger partial charge in [-0.05, 0) is 136 Å². The lowest BCUT2D eigenvalue weighted by Crippen LogP contribution is -2.57. The molecule has 22 heteroatoms. The number of para-hydroxylation sites is 1. The topological polar surface area (TPSA) is 248 Å². The largest absolute Gasteiger partial charge is 0.476 e. The molecule has 11 rings (SSSR count). The molecule has 93 heavy (non-hydrogen) atoms. The monoisotopic (exact) mass is 1300 g/mol. The molecule has 0 spiro atoms. The highest BCUT2D eigenvalue weighted by Gasteiger charge is 2.45. The predicted molar refractivity (Wildman–Crippen MR) is 363 cm³/mol. The number of amides is 5. The van der Waals surface area contributed by atoms with Gasteiger partial charge >= 0.3 is 5.97 Å². The number of hydrogen-bond acceptors (Lipinski definition) is 15. The molecule has 1 saturated carbocycles. The Kier molecular flexibility index (Phi) is 20.9. The number of anilines is 2. The summed E-state index contributed by atoms with van der Waals surface area (Å²) in [5, 5.41) is 35.9. The number of hydrogen-bond donors (Lipinski definition) is 5. The molecule has 4 atom stereocenters. The van der Waals surface area contributed by atoms with Gasteiger partial charge in [-0.1, -0.05) is 106 Å². The summed E-state index contributed by atoms with van der Waals surface area (Å²) in [5.41, 5.74) is 9.59. The number of carbonyl (C=O) groups excluding carboxylic acids is 5. The Bertz CT molecular complexity index is 3810. The number of aromatic nitrogens is 5. The molecule has 3 aromatic carbocycles. The minimum Gasteiger partial charge on any atom is -0.476 e. The molecule has 5 N–H and O–H groups in total. The number of aromatic carboxylic acids is 1. The first-order valence-corrected chi connectivity index (χ1v) is 34.8. The lowest BCUT2D eigenvalue weighted by atomic mass is 9.71. The van der Waals surface area contributed by atoms with Crippen molar-refractivity contribution < 1.29 is 39.0 Å². The molecule has 0 bridgehead atoms. The van der Waals surface area contributed by atoms with Crippen LogP contribution in [0.4, 0.5) is 10.9 Å². The molecule has 3 aliphatic heterocycles. The van der Waals surface area contributed by atoms with Crippen molar-refractivity contribution in [3.8, 4) is 21.6 Å². The summed E-state index contributed by atoms with van der Waals surface area (Å²) in [6, 6.07) is 23.1. The van der Waals surface area contributed by atoms with E-state index in [2.05, 4.69) is 35.5 Å². The van der Waals surface area contributed by atoms with Crippen molar-refractivity contribution in [3.05, 3.63) is 130 Å². The highest BCUT2D eigenvalue weighted by molar-refractivity contribution is 7.22. The third-order valence-corrected chi connectivity index (χ3v) is 21.4. The Morgan fingerprint density at radius 2 is 1.58 bits per heavy atom. The number of pyridine rings is 1. The van der Waals surface area contributed by atoms with E-state index in [0.29, 0.717) is 80.4 Å². The van der Waals surface area contributed by atoms with Crippen LogP contribution in [0.3, 0.4) is 0 Å². The normalized spacial score (nSPS) is 18.2. The number of carboxylic acid groups (broad SMARTS) is 1. The van der Waals surface area contributed by atoms with Crippen LogP contribution in [0, 0.1) is 24.7 Å². The number of unbranched alkanes of at least 4 members (excludes halogenated alkanes) is 2. The molecule has 2 saturated heterocycles. The van der Waals surface area contributed by atoms with E-state index in [9.17, 15) is 39.0 Å². The average Bonchev–Trinajstić information content (AvgIpc) is 1.36. The number of nitrogens with one attached hydrogen (secondary N) is 3. The zero-order chi connectivity index (χ0) is 65.6. The van der Waals surface area contributed by atoms with Gasteiger partial charge in [-0.25, -0.2) is 19.7 Å². The van der Waals surface area contributed by atoms with Gasteiger partial charge < -0.3 is 35.5 Å². The van der Waals surface area contributed by atoms with E-state index in [4.69, 9.17) is 10.1 Å². The number of aliphatic hydroxyl groups is 1. The van der Waals surface area contributed by atoms with Crippen molar-refractivity contribution in [1.82, 2.24) is 50.1 Å².